The van der Waals surface area contributed by atoms with Crippen molar-refractivity contribution in [3.05, 3.63) is 24.3 Å². The van der Waals surface area contributed by atoms with Crippen LogP contribution in [0.15, 0.2) is 24.3 Å². The third-order valence-corrected chi connectivity index (χ3v) is 7.50. The second kappa shape index (κ2) is 4.97. The van der Waals surface area contributed by atoms with Crippen LogP contribution in [0.4, 0.5) is 0 Å². The van der Waals surface area contributed by atoms with Gasteiger partial charge in [-0.1, -0.05) is 31.1 Å². The van der Waals surface area contributed by atoms with Crippen molar-refractivity contribution in [1.29, 1.82) is 0 Å². The molecule has 0 aliphatic heterocycles. The summed E-state index contributed by atoms with van der Waals surface area (Å²) in [5.74, 6) is 0.270. The number of hydrogen-bond acceptors (Lipinski definition) is 1. The number of rotatable bonds is 2. The molecule has 3 rings (SSSR count). The Balaban J connectivity index is 2.06. The smallest absolute Gasteiger partial charge is 0.309 e. The van der Waals surface area contributed by atoms with E-state index in [0.717, 1.165) is 32.1 Å². The van der Waals surface area contributed by atoms with Crippen LogP contribution in [-0.4, -0.2) is 11.1 Å². The summed E-state index contributed by atoms with van der Waals surface area (Å²) in [7, 11) is 0. The largest absolute Gasteiger partial charge is 0.481 e. The van der Waals surface area contributed by atoms with Crippen molar-refractivity contribution >= 4 is 5.97 Å². The number of fused-ring (bicyclic) bond motifs is 3. The van der Waals surface area contributed by atoms with E-state index >= 15 is 0 Å². The Labute approximate surface area is 134 Å². The molecule has 0 aromatic rings. The van der Waals surface area contributed by atoms with Crippen molar-refractivity contribution in [2.45, 2.75) is 65.7 Å². The van der Waals surface area contributed by atoms with Crippen LogP contribution in [0.25, 0.3) is 0 Å². The van der Waals surface area contributed by atoms with Gasteiger partial charge >= 0.3 is 5.97 Å². The molecule has 2 fully saturated rings. The number of carboxylic acids is 1. The fourth-order valence-corrected chi connectivity index (χ4v) is 6.39. The highest BCUT2D eigenvalue weighted by molar-refractivity contribution is 5.75. The molecule has 22 heavy (non-hydrogen) atoms. The fourth-order valence-electron chi connectivity index (χ4n) is 6.39. The molecule has 0 radical (unpaired) electrons. The van der Waals surface area contributed by atoms with Gasteiger partial charge < -0.3 is 5.11 Å². The Kier molecular flexibility index (Phi) is 3.58. The Morgan fingerprint density at radius 1 is 1.27 bits per heavy atom. The summed E-state index contributed by atoms with van der Waals surface area (Å²) in [4.78, 5) is 12.0. The highest BCUT2D eigenvalue weighted by atomic mass is 16.4. The number of carboxylic acid groups (broad SMARTS) is 1. The summed E-state index contributed by atoms with van der Waals surface area (Å²) >= 11 is 0. The van der Waals surface area contributed by atoms with Crippen LogP contribution < -0.4 is 0 Å². The molecule has 2 nitrogen and oxygen atoms in total. The number of hydrogen-bond donors (Lipinski definition) is 1. The summed E-state index contributed by atoms with van der Waals surface area (Å²) in [6.45, 7) is 10.8. The van der Waals surface area contributed by atoms with Crippen LogP contribution in [0.3, 0.4) is 0 Å². The second-order valence-corrected chi connectivity index (χ2v) is 8.57. The zero-order valence-corrected chi connectivity index (χ0v) is 14.3. The van der Waals surface area contributed by atoms with Crippen molar-refractivity contribution < 1.29 is 9.90 Å². The molecule has 0 heterocycles. The van der Waals surface area contributed by atoms with E-state index in [2.05, 4.69) is 32.6 Å². The molecule has 0 bridgehead atoms. The monoisotopic (exact) mass is 302 g/mol. The van der Waals surface area contributed by atoms with E-state index in [1.165, 1.54) is 18.4 Å². The zero-order chi connectivity index (χ0) is 16.2. The molecule has 0 amide bonds. The molecule has 0 aromatic carbocycles. The van der Waals surface area contributed by atoms with Gasteiger partial charge in [0.05, 0.1) is 5.41 Å². The first-order valence-corrected chi connectivity index (χ1v) is 8.84. The minimum atomic E-state index is -0.586. The van der Waals surface area contributed by atoms with Crippen LogP contribution in [-0.2, 0) is 4.79 Å². The van der Waals surface area contributed by atoms with Gasteiger partial charge in [0.15, 0.2) is 0 Å². The molecule has 5 unspecified atom stereocenters. The summed E-state index contributed by atoms with van der Waals surface area (Å²) in [5.41, 5.74) is 1.17. The maximum atomic E-state index is 12.0. The highest BCUT2D eigenvalue weighted by Gasteiger charge is 2.61. The highest BCUT2D eigenvalue weighted by Crippen LogP contribution is 2.67. The summed E-state index contributed by atoms with van der Waals surface area (Å²) in [6.07, 6.45) is 12.1. The van der Waals surface area contributed by atoms with Gasteiger partial charge in [0.2, 0.25) is 0 Å². The lowest BCUT2D eigenvalue weighted by atomic mass is 9.41. The molecule has 2 saturated carbocycles. The average molecular weight is 302 g/mol. The van der Waals surface area contributed by atoms with Gasteiger partial charge in [-0.2, -0.15) is 0 Å². The summed E-state index contributed by atoms with van der Waals surface area (Å²) in [6, 6.07) is 0. The number of allylic oxidation sites excluding steroid dienone is 3. The minimum absolute atomic E-state index is 0.102. The van der Waals surface area contributed by atoms with Crippen molar-refractivity contribution in [3.63, 3.8) is 0 Å². The van der Waals surface area contributed by atoms with Crippen molar-refractivity contribution in [2.75, 3.05) is 0 Å². The Bertz CT molecular complexity index is 534. The van der Waals surface area contributed by atoms with E-state index in [9.17, 15) is 9.90 Å². The van der Waals surface area contributed by atoms with Gasteiger partial charge in [-0.05, 0) is 69.6 Å². The number of aliphatic carboxylic acids is 1. The van der Waals surface area contributed by atoms with Crippen LogP contribution >= 0.6 is 0 Å². The Morgan fingerprint density at radius 3 is 2.64 bits per heavy atom. The number of carbonyl (C=O) groups is 1. The zero-order valence-electron chi connectivity index (χ0n) is 14.3. The molecular formula is C20H30O2. The molecular weight excluding hydrogens is 272 g/mol. The molecule has 122 valence electrons. The Morgan fingerprint density at radius 2 is 2.00 bits per heavy atom. The first-order valence-electron chi connectivity index (χ1n) is 8.84. The SMILES string of the molecule is C=CC12C=C(C)CCC1C1(C)CCCC(C)(C(=O)O)C1CC2. The van der Waals surface area contributed by atoms with E-state index < -0.39 is 11.4 Å². The predicted octanol–water partition coefficient (Wildman–Crippen LogP) is 5.21. The average Bonchev–Trinajstić information content (AvgIpc) is 2.46. The van der Waals surface area contributed by atoms with Gasteiger partial charge in [-0.15, -0.1) is 6.58 Å². The lowest BCUT2D eigenvalue weighted by Crippen LogP contribution is -2.57. The maximum Gasteiger partial charge on any atom is 0.309 e. The summed E-state index contributed by atoms with van der Waals surface area (Å²) in [5, 5.41) is 9.88. The third kappa shape index (κ3) is 1.95. The molecule has 0 spiro atoms. The topological polar surface area (TPSA) is 37.3 Å². The van der Waals surface area contributed by atoms with Crippen LogP contribution in [0.1, 0.15) is 65.7 Å². The third-order valence-electron chi connectivity index (χ3n) is 7.50. The second-order valence-electron chi connectivity index (χ2n) is 8.57. The van der Waals surface area contributed by atoms with Crippen molar-refractivity contribution in [1.82, 2.24) is 0 Å². The first kappa shape index (κ1) is 15.8. The lowest BCUT2D eigenvalue weighted by molar-refractivity contribution is -0.172. The molecule has 2 heteroatoms. The normalized spacial score (nSPS) is 47.9. The van der Waals surface area contributed by atoms with E-state index in [-0.39, 0.29) is 10.8 Å². The van der Waals surface area contributed by atoms with Gasteiger partial charge in [-0.3, -0.25) is 4.79 Å². The van der Waals surface area contributed by atoms with Crippen molar-refractivity contribution in [2.24, 2.45) is 28.1 Å². The lowest BCUT2D eigenvalue weighted by Gasteiger charge is -2.62. The maximum absolute atomic E-state index is 12.0. The molecule has 0 aromatic heterocycles. The molecule has 0 saturated heterocycles. The first-order chi connectivity index (χ1) is 10.3. The van der Waals surface area contributed by atoms with E-state index in [1.807, 2.05) is 6.92 Å². The van der Waals surface area contributed by atoms with Gasteiger partial charge in [-0.25, -0.2) is 0 Å². The van der Waals surface area contributed by atoms with E-state index in [1.54, 1.807) is 0 Å². The fraction of sp³-hybridized carbons (Fsp3) is 0.750. The molecule has 3 aliphatic rings. The van der Waals surface area contributed by atoms with Gasteiger partial charge in [0.1, 0.15) is 0 Å². The van der Waals surface area contributed by atoms with E-state index in [0.29, 0.717) is 11.8 Å². The van der Waals surface area contributed by atoms with E-state index in [4.69, 9.17) is 0 Å². The standard InChI is InChI=1S/C20H30O2/c1-5-20-12-9-15-18(3,16(20)8-7-14(2)13-20)10-6-11-19(15,4)17(21)22/h5,13,15-16H,1,6-12H2,2-4H3,(H,21,22). The quantitative estimate of drug-likeness (QED) is 0.711. The van der Waals surface area contributed by atoms with Crippen LogP contribution in [0.5, 0.6) is 0 Å². The minimum Gasteiger partial charge on any atom is -0.481 e. The van der Waals surface area contributed by atoms with Crippen molar-refractivity contribution in [3.8, 4) is 0 Å². The predicted molar refractivity (Wildman–Crippen MR) is 89.5 cm³/mol. The Hall–Kier alpha value is -1.05. The summed E-state index contributed by atoms with van der Waals surface area (Å²) < 4.78 is 0. The molecule has 3 aliphatic carbocycles. The van der Waals surface area contributed by atoms with Crippen LogP contribution in [0.2, 0.25) is 0 Å². The molecule has 5 atom stereocenters. The van der Waals surface area contributed by atoms with Gasteiger partial charge in [0.25, 0.3) is 0 Å². The molecule has 1 N–H and O–H groups in total. The van der Waals surface area contributed by atoms with Gasteiger partial charge in [0, 0.05) is 5.41 Å². The van der Waals surface area contributed by atoms with Crippen LogP contribution in [0, 0.1) is 28.1 Å².